The fourth-order valence-electron chi connectivity index (χ4n) is 1.19. The molecule has 0 radical (unpaired) electrons. The Morgan fingerprint density at radius 3 is 3.00 bits per heavy atom. The van der Waals surface area contributed by atoms with Crippen LogP contribution in [0.5, 0.6) is 0 Å². The molecule has 4 heteroatoms. The van der Waals surface area contributed by atoms with Crippen LogP contribution in [0.3, 0.4) is 0 Å². The van der Waals surface area contributed by atoms with E-state index < -0.39 is 0 Å². The molecule has 3 nitrogen and oxygen atoms in total. The van der Waals surface area contributed by atoms with Gasteiger partial charge in [0.25, 0.3) is 0 Å². The topological polar surface area (TPSA) is 43.1 Å². The zero-order chi connectivity index (χ0) is 9.68. The largest absolute Gasteiger partial charge is 0.265 e. The van der Waals surface area contributed by atoms with Crippen LogP contribution in [0, 0.1) is 10.1 Å². The van der Waals surface area contributed by atoms with E-state index in [0.29, 0.717) is 6.42 Å². The molecule has 0 aliphatic heterocycles. The van der Waals surface area contributed by atoms with Crippen LogP contribution in [0.25, 0.3) is 0 Å². The van der Waals surface area contributed by atoms with Crippen LogP contribution in [0.1, 0.15) is 17.2 Å². The number of thiophene rings is 1. The number of nitro groups is 1. The van der Waals surface area contributed by atoms with Gasteiger partial charge in [-0.25, -0.2) is 0 Å². The van der Waals surface area contributed by atoms with Crippen LogP contribution in [-0.2, 0) is 0 Å². The van der Waals surface area contributed by atoms with Crippen LogP contribution < -0.4 is 0 Å². The third-order valence-electron chi connectivity index (χ3n) is 1.77. The fourth-order valence-corrected chi connectivity index (χ4v) is 2.02. The van der Waals surface area contributed by atoms with E-state index in [-0.39, 0.29) is 17.4 Å². The van der Waals surface area contributed by atoms with Gasteiger partial charge in [0, 0.05) is 9.80 Å². The minimum Gasteiger partial charge on any atom is -0.265 e. The Morgan fingerprint density at radius 1 is 1.77 bits per heavy atom. The summed E-state index contributed by atoms with van der Waals surface area (Å²) in [5, 5.41) is 12.3. The van der Waals surface area contributed by atoms with E-state index in [1.807, 2.05) is 17.5 Å². The Balaban J connectivity index is 2.67. The van der Waals surface area contributed by atoms with Crippen molar-refractivity contribution in [1.82, 2.24) is 0 Å². The maximum absolute atomic E-state index is 10.4. The Labute approximate surface area is 80.9 Å². The summed E-state index contributed by atoms with van der Waals surface area (Å²) in [5.74, 6) is -0.00694. The molecular weight excluding hydrogens is 186 g/mol. The first-order valence-corrected chi connectivity index (χ1v) is 4.88. The third-order valence-corrected chi connectivity index (χ3v) is 2.80. The predicted octanol–water partition coefficient (Wildman–Crippen LogP) is 2.68. The van der Waals surface area contributed by atoms with E-state index >= 15 is 0 Å². The smallest absolute Gasteiger partial charge is 0.211 e. The maximum Gasteiger partial charge on any atom is 0.211 e. The van der Waals surface area contributed by atoms with E-state index in [1.54, 1.807) is 17.4 Å². The Kier molecular flexibility index (Phi) is 3.64. The van der Waals surface area contributed by atoms with Gasteiger partial charge in [0.2, 0.25) is 6.54 Å². The maximum atomic E-state index is 10.4. The molecule has 1 rings (SSSR count). The van der Waals surface area contributed by atoms with Gasteiger partial charge in [-0.1, -0.05) is 12.1 Å². The van der Waals surface area contributed by atoms with Gasteiger partial charge in [-0.3, -0.25) is 10.1 Å². The normalized spacial score (nSPS) is 12.3. The van der Waals surface area contributed by atoms with Gasteiger partial charge in [0.1, 0.15) is 0 Å². The highest BCUT2D eigenvalue weighted by Crippen LogP contribution is 2.24. The van der Waals surface area contributed by atoms with Gasteiger partial charge in [-0.2, -0.15) is 0 Å². The van der Waals surface area contributed by atoms with Crippen molar-refractivity contribution >= 4 is 11.3 Å². The van der Waals surface area contributed by atoms with Crippen molar-refractivity contribution in [1.29, 1.82) is 0 Å². The SMILES string of the molecule is C=CCC(C[N+](=O)[O-])c1cccs1. The summed E-state index contributed by atoms with van der Waals surface area (Å²) in [5.41, 5.74) is 0. The van der Waals surface area contributed by atoms with Crippen molar-refractivity contribution in [3.63, 3.8) is 0 Å². The average Bonchev–Trinajstić information content (AvgIpc) is 2.54. The van der Waals surface area contributed by atoms with Crippen LogP contribution in [0.2, 0.25) is 0 Å². The van der Waals surface area contributed by atoms with Crippen molar-refractivity contribution in [3.05, 3.63) is 45.2 Å². The molecule has 1 aromatic heterocycles. The van der Waals surface area contributed by atoms with Crippen LogP contribution in [0.15, 0.2) is 30.2 Å². The number of rotatable bonds is 5. The summed E-state index contributed by atoms with van der Waals surface area (Å²) >= 11 is 1.56. The second-order valence-corrected chi connectivity index (χ2v) is 3.73. The zero-order valence-electron chi connectivity index (χ0n) is 7.18. The number of hydrogen-bond donors (Lipinski definition) is 0. The third kappa shape index (κ3) is 2.99. The number of nitrogens with zero attached hydrogens (tertiary/aromatic N) is 1. The summed E-state index contributed by atoms with van der Waals surface area (Å²) in [6.45, 7) is 3.59. The summed E-state index contributed by atoms with van der Waals surface area (Å²) < 4.78 is 0. The first-order valence-electron chi connectivity index (χ1n) is 4.00. The van der Waals surface area contributed by atoms with Gasteiger partial charge in [0.15, 0.2) is 0 Å². The quantitative estimate of drug-likeness (QED) is 0.414. The summed E-state index contributed by atoms with van der Waals surface area (Å²) in [6, 6.07) is 3.85. The number of allylic oxidation sites excluding steroid dienone is 1. The molecule has 0 saturated carbocycles. The minimum atomic E-state index is -0.270. The van der Waals surface area contributed by atoms with Gasteiger partial charge in [0.05, 0.1) is 5.92 Å². The lowest BCUT2D eigenvalue weighted by Crippen LogP contribution is -2.10. The van der Waals surface area contributed by atoms with Crippen molar-refractivity contribution < 1.29 is 4.92 Å². The molecule has 0 saturated heterocycles. The molecule has 13 heavy (non-hydrogen) atoms. The average molecular weight is 197 g/mol. The van der Waals surface area contributed by atoms with Crippen LogP contribution in [-0.4, -0.2) is 11.5 Å². The monoisotopic (exact) mass is 197 g/mol. The molecule has 0 amide bonds. The Hall–Kier alpha value is -1.16. The highest BCUT2D eigenvalue weighted by Gasteiger charge is 2.16. The molecule has 1 atom stereocenters. The van der Waals surface area contributed by atoms with E-state index in [0.717, 1.165) is 4.88 Å². The minimum absolute atomic E-state index is 0.00694. The first-order chi connectivity index (χ1) is 6.24. The van der Waals surface area contributed by atoms with Crippen LogP contribution >= 0.6 is 11.3 Å². The van der Waals surface area contributed by atoms with Crippen molar-refractivity contribution in [3.8, 4) is 0 Å². The fraction of sp³-hybridized carbons (Fsp3) is 0.333. The molecule has 70 valence electrons. The highest BCUT2D eigenvalue weighted by molar-refractivity contribution is 7.10. The van der Waals surface area contributed by atoms with Gasteiger partial charge in [-0.05, 0) is 17.9 Å². The molecule has 0 aromatic carbocycles. The molecule has 0 aliphatic rings. The Bertz CT molecular complexity index is 282. The van der Waals surface area contributed by atoms with Crippen molar-refractivity contribution in [2.24, 2.45) is 0 Å². The lowest BCUT2D eigenvalue weighted by molar-refractivity contribution is -0.483. The summed E-state index contributed by atoms with van der Waals surface area (Å²) in [4.78, 5) is 11.2. The molecule has 0 fully saturated rings. The molecule has 1 unspecified atom stereocenters. The number of hydrogen-bond acceptors (Lipinski definition) is 3. The Morgan fingerprint density at radius 2 is 2.54 bits per heavy atom. The van der Waals surface area contributed by atoms with Gasteiger partial charge in [-0.15, -0.1) is 17.9 Å². The standard InChI is InChI=1S/C9H11NO2S/c1-2-4-8(7-10(11)12)9-5-3-6-13-9/h2-3,5-6,8H,1,4,7H2. The molecule has 0 N–H and O–H groups in total. The summed E-state index contributed by atoms with van der Waals surface area (Å²) in [7, 11) is 0. The molecule has 0 spiro atoms. The second kappa shape index (κ2) is 4.77. The molecule has 0 bridgehead atoms. The van der Waals surface area contributed by atoms with Gasteiger partial charge >= 0.3 is 0 Å². The zero-order valence-corrected chi connectivity index (χ0v) is 8.00. The van der Waals surface area contributed by atoms with E-state index in [4.69, 9.17) is 0 Å². The highest BCUT2D eigenvalue weighted by atomic mass is 32.1. The predicted molar refractivity (Wildman–Crippen MR) is 53.7 cm³/mol. The van der Waals surface area contributed by atoms with E-state index in [2.05, 4.69) is 6.58 Å². The van der Waals surface area contributed by atoms with Crippen molar-refractivity contribution in [2.75, 3.05) is 6.54 Å². The molecule has 1 heterocycles. The van der Waals surface area contributed by atoms with Crippen LogP contribution in [0.4, 0.5) is 0 Å². The van der Waals surface area contributed by atoms with Crippen molar-refractivity contribution in [2.45, 2.75) is 12.3 Å². The van der Waals surface area contributed by atoms with Gasteiger partial charge < -0.3 is 0 Å². The van der Waals surface area contributed by atoms with E-state index in [9.17, 15) is 10.1 Å². The lowest BCUT2D eigenvalue weighted by Gasteiger charge is -2.06. The molecular formula is C9H11NO2S. The first kappa shape index (κ1) is 9.92. The summed E-state index contributed by atoms with van der Waals surface area (Å²) in [6.07, 6.45) is 2.40. The van der Waals surface area contributed by atoms with E-state index in [1.165, 1.54) is 0 Å². The molecule has 1 aromatic rings. The second-order valence-electron chi connectivity index (χ2n) is 2.75. The lowest BCUT2D eigenvalue weighted by atomic mass is 10.0. The molecule has 0 aliphatic carbocycles.